The maximum absolute atomic E-state index is 2.12. The van der Waals surface area contributed by atoms with Gasteiger partial charge in [0.15, 0.2) is 0 Å². The molecule has 11 heavy (non-hydrogen) atoms. The highest BCUT2D eigenvalue weighted by molar-refractivity contribution is 4.50. The van der Waals surface area contributed by atoms with Gasteiger partial charge >= 0.3 is 0 Å². The van der Waals surface area contributed by atoms with Crippen LogP contribution in [-0.4, -0.2) is 0 Å². The molecule has 0 aromatic rings. The van der Waals surface area contributed by atoms with Crippen molar-refractivity contribution >= 4 is 0 Å². The second-order valence-electron chi connectivity index (χ2n) is 2.12. The summed E-state index contributed by atoms with van der Waals surface area (Å²) < 4.78 is 0. The molecule has 1 saturated carbocycles. The van der Waals surface area contributed by atoms with Crippen molar-refractivity contribution in [1.82, 2.24) is 0 Å². The van der Waals surface area contributed by atoms with Crippen LogP contribution in [0.25, 0.3) is 0 Å². The molecule has 0 saturated heterocycles. The average molecular weight is 160 g/mol. The van der Waals surface area contributed by atoms with E-state index in [2.05, 4.69) is 13.8 Å². The first-order chi connectivity index (χ1) is 5.41. The highest BCUT2D eigenvalue weighted by Gasteiger charge is 1.95. The number of rotatable bonds is 0. The molecule has 0 aromatic carbocycles. The van der Waals surface area contributed by atoms with Crippen molar-refractivity contribution in [3.05, 3.63) is 0 Å². The van der Waals surface area contributed by atoms with E-state index >= 15 is 0 Å². The summed E-state index contributed by atoms with van der Waals surface area (Å²) >= 11 is 0. The second kappa shape index (κ2) is 32.4. The topological polar surface area (TPSA) is 0 Å². The molecule has 1 aliphatic carbocycles. The molecule has 1 aliphatic rings. The van der Waals surface area contributed by atoms with Gasteiger partial charge in [0.1, 0.15) is 0 Å². The Bertz CT molecular complexity index is 15.2. The molecule has 0 amide bonds. The van der Waals surface area contributed by atoms with Crippen LogP contribution in [0.15, 0.2) is 0 Å². The van der Waals surface area contributed by atoms with Crippen molar-refractivity contribution in [2.75, 3.05) is 0 Å². The molecule has 0 radical (unpaired) electrons. The zero-order chi connectivity index (χ0) is 9.54. The zero-order valence-corrected chi connectivity index (χ0v) is 9.54. The Morgan fingerprint density at radius 1 is 0.636 bits per heavy atom. The fraction of sp³-hybridized carbons (Fsp3) is 1.00. The standard InChI is InChI=1S/C4H8.C3H8.2C2H6/c1-2-4-3-1;1-3-2;2*1-2/h1-4H2;3H2,1-2H3;2*1-2H3. The van der Waals surface area contributed by atoms with Gasteiger partial charge in [0.2, 0.25) is 0 Å². The van der Waals surface area contributed by atoms with Crippen LogP contribution in [-0.2, 0) is 0 Å². The molecule has 0 atom stereocenters. The van der Waals surface area contributed by atoms with E-state index in [0.29, 0.717) is 0 Å². The van der Waals surface area contributed by atoms with Crippen molar-refractivity contribution in [3.63, 3.8) is 0 Å². The van der Waals surface area contributed by atoms with Gasteiger partial charge in [-0.25, -0.2) is 0 Å². The quantitative estimate of drug-likeness (QED) is 0.466. The maximum atomic E-state index is 2.12. The largest absolute Gasteiger partial charge is 0.0683 e. The van der Waals surface area contributed by atoms with Crippen LogP contribution < -0.4 is 0 Å². The lowest BCUT2D eigenvalue weighted by Gasteiger charge is -2.05. The van der Waals surface area contributed by atoms with Crippen LogP contribution in [0.5, 0.6) is 0 Å². The molecule has 1 fully saturated rings. The van der Waals surface area contributed by atoms with E-state index in [9.17, 15) is 0 Å². The first kappa shape index (κ1) is 17.2. The van der Waals surface area contributed by atoms with Crippen LogP contribution >= 0.6 is 0 Å². The Morgan fingerprint density at radius 2 is 0.727 bits per heavy atom. The minimum absolute atomic E-state index is 1.25. The summed E-state index contributed by atoms with van der Waals surface area (Å²) in [4.78, 5) is 0. The molecule has 0 N–H and O–H groups in total. The molecule has 0 spiro atoms. The van der Waals surface area contributed by atoms with E-state index in [0.717, 1.165) is 0 Å². The Hall–Kier alpha value is 0. The zero-order valence-electron chi connectivity index (χ0n) is 9.54. The smallest absolute Gasteiger partial charge is 0.0533 e. The van der Waals surface area contributed by atoms with Gasteiger partial charge in [-0.1, -0.05) is 73.6 Å². The summed E-state index contributed by atoms with van der Waals surface area (Å²) in [5.74, 6) is 0. The van der Waals surface area contributed by atoms with Gasteiger partial charge in [-0.3, -0.25) is 0 Å². The monoisotopic (exact) mass is 160 g/mol. The van der Waals surface area contributed by atoms with Crippen molar-refractivity contribution < 1.29 is 0 Å². The molecule has 0 heterocycles. The molecular weight excluding hydrogens is 132 g/mol. The lowest BCUT2D eigenvalue weighted by molar-refractivity contribution is 0.504. The van der Waals surface area contributed by atoms with E-state index in [1.165, 1.54) is 32.1 Å². The third-order valence-corrected chi connectivity index (χ3v) is 1.000. The number of hydrogen-bond donors (Lipinski definition) is 0. The summed E-state index contributed by atoms with van der Waals surface area (Å²) in [5, 5.41) is 0. The molecule has 0 aromatic heterocycles. The van der Waals surface area contributed by atoms with Crippen LogP contribution in [0, 0.1) is 0 Å². The van der Waals surface area contributed by atoms with Gasteiger partial charge in [0.05, 0.1) is 0 Å². The molecule has 0 bridgehead atoms. The van der Waals surface area contributed by atoms with Gasteiger partial charge in [-0.2, -0.15) is 0 Å². The van der Waals surface area contributed by atoms with E-state index in [4.69, 9.17) is 0 Å². The summed E-state index contributed by atoms with van der Waals surface area (Å²) in [6, 6.07) is 0. The molecule has 0 nitrogen and oxygen atoms in total. The fourth-order valence-electron chi connectivity index (χ4n) is 0.250. The first-order valence-electron chi connectivity index (χ1n) is 5.41. The van der Waals surface area contributed by atoms with Gasteiger partial charge in [-0.15, -0.1) is 0 Å². The Morgan fingerprint density at radius 3 is 0.727 bits per heavy atom. The molecule has 1 rings (SSSR count). The van der Waals surface area contributed by atoms with E-state index in [-0.39, 0.29) is 0 Å². The summed E-state index contributed by atoms with van der Waals surface area (Å²) in [6.45, 7) is 12.2. The number of hydrogen-bond acceptors (Lipinski definition) is 0. The lowest BCUT2D eigenvalue weighted by Crippen LogP contribution is -1.85. The van der Waals surface area contributed by atoms with Gasteiger partial charge in [0, 0.05) is 0 Å². The predicted octanol–water partition coefficient (Wildman–Crippen LogP) is 5.03. The SMILES string of the molecule is C1CCC1.CC.CC.CCC. The van der Waals surface area contributed by atoms with Crippen LogP contribution in [0.2, 0.25) is 0 Å². The van der Waals surface area contributed by atoms with E-state index in [1.807, 2.05) is 27.7 Å². The Kier molecular flexibility index (Phi) is 50.6. The minimum atomic E-state index is 1.25. The predicted molar refractivity (Wildman–Crippen MR) is 57.1 cm³/mol. The van der Waals surface area contributed by atoms with Crippen molar-refractivity contribution in [2.24, 2.45) is 0 Å². The molecule has 0 heteroatoms. The average Bonchev–Trinajstić information content (AvgIpc) is 1.93. The molecular formula is C11H28. The van der Waals surface area contributed by atoms with E-state index in [1.54, 1.807) is 0 Å². The molecule has 0 aliphatic heterocycles. The Balaban J connectivity index is -0.0000000835. The summed E-state index contributed by atoms with van der Waals surface area (Å²) in [6.07, 6.45) is 7.25. The highest BCUT2D eigenvalue weighted by Crippen LogP contribution is 2.15. The summed E-state index contributed by atoms with van der Waals surface area (Å²) in [7, 11) is 0. The van der Waals surface area contributed by atoms with Crippen molar-refractivity contribution in [3.8, 4) is 0 Å². The minimum Gasteiger partial charge on any atom is -0.0683 e. The van der Waals surface area contributed by atoms with E-state index < -0.39 is 0 Å². The highest BCUT2D eigenvalue weighted by atomic mass is 14.0. The van der Waals surface area contributed by atoms with Crippen molar-refractivity contribution in [2.45, 2.75) is 73.6 Å². The van der Waals surface area contributed by atoms with Gasteiger partial charge < -0.3 is 0 Å². The third-order valence-electron chi connectivity index (χ3n) is 1.000. The van der Waals surface area contributed by atoms with Gasteiger partial charge in [0.25, 0.3) is 0 Å². The maximum Gasteiger partial charge on any atom is -0.0533 e. The van der Waals surface area contributed by atoms with Crippen molar-refractivity contribution in [1.29, 1.82) is 0 Å². The molecule has 72 valence electrons. The Labute approximate surface area is 74.4 Å². The molecule has 0 unspecified atom stereocenters. The fourth-order valence-corrected chi connectivity index (χ4v) is 0.250. The lowest BCUT2D eigenvalue weighted by atomic mass is 10.0. The third kappa shape index (κ3) is 40.0. The van der Waals surface area contributed by atoms with Gasteiger partial charge in [-0.05, 0) is 0 Å². The van der Waals surface area contributed by atoms with Crippen LogP contribution in [0.4, 0.5) is 0 Å². The summed E-state index contributed by atoms with van der Waals surface area (Å²) in [5.41, 5.74) is 0. The second-order valence-corrected chi connectivity index (χ2v) is 2.12. The normalized spacial score (nSPS) is 11.5. The van der Waals surface area contributed by atoms with Crippen LogP contribution in [0.3, 0.4) is 0 Å². The first-order valence-corrected chi connectivity index (χ1v) is 5.41. The van der Waals surface area contributed by atoms with Crippen LogP contribution in [0.1, 0.15) is 73.6 Å².